The van der Waals surface area contributed by atoms with Crippen LogP contribution in [0.15, 0.2) is 0 Å². The Labute approximate surface area is 81.8 Å². The number of hydrogen-bond acceptors (Lipinski definition) is 2. The predicted molar refractivity (Wildman–Crippen MR) is 55.6 cm³/mol. The third-order valence-electron chi connectivity index (χ3n) is 3.43. The van der Waals surface area contributed by atoms with Gasteiger partial charge in [-0.25, -0.2) is 0 Å². The van der Waals surface area contributed by atoms with Crippen molar-refractivity contribution >= 4 is 0 Å². The van der Waals surface area contributed by atoms with Crippen LogP contribution in [-0.4, -0.2) is 19.8 Å². The van der Waals surface area contributed by atoms with E-state index in [0.717, 1.165) is 12.5 Å². The summed E-state index contributed by atoms with van der Waals surface area (Å²) >= 11 is 0. The second kappa shape index (κ2) is 5.61. The molecule has 1 fully saturated rings. The van der Waals surface area contributed by atoms with Gasteiger partial charge >= 0.3 is 0 Å². The lowest BCUT2D eigenvalue weighted by Gasteiger charge is -2.31. The van der Waals surface area contributed by atoms with Crippen LogP contribution < -0.4 is 5.73 Å². The van der Waals surface area contributed by atoms with Gasteiger partial charge in [0.15, 0.2) is 0 Å². The highest BCUT2D eigenvalue weighted by atomic mass is 16.5. The maximum atomic E-state index is 6.02. The van der Waals surface area contributed by atoms with E-state index in [9.17, 15) is 0 Å². The average Bonchev–Trinajstić information content (AvgIpc) is 2.18. The van der Waals surface area contributed by atoms with Gasteiger partial charge in [0.1, 0.15) is 0 Å². The van der Waals surface area contributed by atoms with Crippen molar-refractivity contribution in [2.75, 3.05) is 13.7 Å². The smallest absolute Gasteiger partial charge is 0.0616 e. The summed E-state index contributed by atoms with van der Waals surface area (Å²) in [5.74, 6) is 1.67. The van der Waals surface area contributed by atoms with Gasteiger partial charge in [-0.15, -0.1) is 0 Å². The molecule has 1 aliphatic rings. The molecule has 2 nitrogen and oxygen atoms in total. The van der Waals surface area contributed by atoms with Gasteiger partial charge in [0.05, 0.1) is 6.61 Å². The molecule has 78 valence electrons. The summed E-state index contributed by atoms with van der Waals surface area (Å²) in [6.07, 6.45) is 6.70. The molecule has 1 saturated carbocycles. The van der Waals surface area contributed by atoms with E-state index < -0.39 is 0 Å². The molecule has 0 heterocycles. The molecule has 0 saturated heterocycles. The van der Waals surface area contributed by atoms with E-state index in [0.29, 0.717) is 5.92 Å². The number of ether oxygens (including phenoxy) is 1. The van der Waals surface area contributed by atoms with E-state index in [2.05, 4.69) is 6.92 Å². The monoisotopic (exact) mass is 185 g/mol. The Kier molecular flexibility index (Phi) is 4.74. The van der Waals surface area contributed by atoms with Crippen LogP contribution in [-0.2, 0) is 4.74 Å². The van der Waals surface area contributed by atoms with Crippen molar-refractivity contribution in [2.45, 2.75) is 45.1 Å². The standard InChI is InChI=1S/C11H23NO/c1-3-9-4-6-10(7-5-9)11(12)8-13-2/h9-11H,3-8,12H2,1-2H3. The lowest BCUT2D eigenvalue weighted by molar-refractivity contribution is 0.134. The van der Waals surface area contributed by atoms with Gasteiger partial charge in [0.25, 0.3) is 0 Å². The molecule has 0 aromatic carbocycles. The molecule has 0 aliphatic heterocycles. The van der Waals surface area contributed by atoms with Gasteiger partial charge in [0.2, 0.25) is 0 Å². The molecule has 0 bridgehead atoms. The molecule has 0 radical (unpaired) electrons. The number of hydrogen-bond donors (Lipinski definition) is 1. The topological polar surface area (TPSA) is 35.2 Å². The quantitative estimate of drug-likeness (QED) is 0.728. The summed E-state index contributed by atoms with van der Waals surface area (Å²) in [5.41, 5.74) is 6.02. The fourth-order valence-electron chi connectivity index (χ4n) is 2.35. The third-order valence-corrected chi connectivity index (χ3v) is 3.43. The predicted octanol–water partition coefficient (Wildman–Crippen LogP) is 2.18. The molecule has 0 spiro atoms. The molecule has 1 aliphatic carbocycles. The van der Waals surface area contributed by atoms with Crippen LogP contribution in [0.2, 0.25) is 0 Å². The van der Waals surface area contributed by atoms with Crippen molar-refractivity contribution in [2.24, 2.45) is 17.6 Å². The summed E-state index contributed by atoms with van der Waals surface area (Å²) in [6.45, 7) is 3.02. The fourth-order valence-corrected chi connectivity index (χ4v) is 2.35. The lowest BCUT2D eigenvalue weighted by atomic mass is 9.78. The number of nitrogens with two attached hydrogens (primary N) is 1. The van der Waals surface area contributed by atoms with Crippen LogP contribution in [0.25, 0.3) is 0 Å². The number of methoxy groups -OCH3 is 1. The Morgan fingerprint density at radius 1 is 1.31 bits per heavy atom. The van der Waals surface area contributed by atoms with E-state index in [1.807, 2.05) is 0 Å². The zero-order chi connectivity index (χ0) is 9.68. The molecule has 0 amide bonds. The van der Waals surface area contributed by atoms with Gasteiger partial charge in [0, 0.05) is 13.2 Å². The normalized spacial score (nSPS) is 31.6. The molecule has 1 atom stereocenters. The summed E-state index contributed by atoms with van der Waals surface area (Å²) in [7, 11) is 1.73. The first kappa shape index (κ1) is 11.0. The minimum absolute atomic E-state index is 0.266. The van der Waals surface area contributed by atoms with Gasteiger partial charge in [-0.3, -0.25) is 0 Å². The molecule has 2 heteroatoms. The van der Waals surface area contributed by atoms with Crippen LogP contribution in [0.4, 0.5) is 0 Å². The first-order valence-corrected chi connectivity index (χ1v) is 5.52. The molecular weight excluding hydrogens is 162 g/mol. The van der Waals surface area contributed by atoms with Crippen LogP contribution in [0.3, 0.4) is 0 Å². The Morgan fingerprint density at radius 2 is 1.92 bits per heavy atom. The summed E-state index contributed by atoms with van der Waals surface area (Å²) in [6, 6.07) is 0.266. The van der Waals surface area contributed by atoms with Crippen molar-refractivity contribution in [3.63, 3.8) is 0 Å². The van der Waals surface area contributed by atoms with Crippen molar-refractivity contribution in [1.82, 2.24) is 0 Å². The Bertz CT molecular complexity index is 130. The van der Waals surface area contributed by atoms with Crippen molar-refractivity contribution in [1.29, 1.82) is 0 Å². The van der Waals surface area contributed by atoms with Gasteiger partial charge in [-0.2, -0.15) is 0 Å². The zero-order valence-corrected chi connectivity index (χ0v) is 8.96. The van der Waals surface area contributed by atoms with Gasteiger partial charge in [-0.05, 0) is 24.7 Å². The van der Waals surface area contributed by atoms with Crippen LogP contribution in [0, 0.1) is 11.8 Å². The fraction of sp³-hybridized carbons (Fsp3) is 1.00. The first-order chi connectivity index (χ1) is 6.27. The highest BCUT2D eigenvalue weighted by Crippen LogP contribution is 2.31. The lowest BCUT2D eigenvalue weighted by Crippen LogP contribution is -2.36. The third kappa shape index (κ3) is 3.28. The minimum atomic E-state index is 0.266. The molecule has 0 aromatic heterocycles. The van der Waals surface area contributed by atoms with Crippen LogP contribution >= 0.6 is 0 Å². The van der Waals surface area contributed by atoms with E-state index in [1.54, 1.807) is 7.11 Å². The average molecular weight is 185 g/mol. The molecule has 2 N–H and O–H groups in total. The highest BCUT2D eigenvalue weighted by molar-refractivity contribution is 4.79. The Balaban J connectivity index is 2.23. The summed E-state index contributed by atoms with van der Waals surface area (Å²) in [4.78, 5) is 0. The minimum Gasteiger partial charge on any atom is -0.383 e. The SMILES string of the molecule is CCC1CCC(C(N)COC)CC1. The Hall–Kier alpha value is -0.0800. The Morgan fingerprint density at radius 3 is 2.38 bits per heavy atom. The molecule has 0 aromatic rings. The maximum Gasteiger partial charge on any atom is 0.0616 e. The highest BCUT2D eigenvalue weighted by Gasteiger charge is 2.24. The van der Waals surface area contributed by atoms with E-state index >= 15 is 0 Å². The van der Waals surface area contributed by atoms with E-state index in [-0.39, 0.29) is 6.04 Å². The maximum absolute atomic E-state index is 6.02. The molecule has 1 unspecified atom stereocenters. The summed E-state index contributed by atoms with van der Waals surface area (Å²) < 4.78 is 5.09. The second-order valence-electron chi connectivity index (χ2n) is 4.31. The zero-order valence-electron chi connectivity index (χ0n) is 8.96. The molecule has 1 rings (SSSR count). The largest absolute Gasteiger partial charge is 0.383 e. The van der Waals surface area contributed by atoms with Crippen molar-refractivity contribution < 1.29 is 4.74 Å². The van der Waals surface area contributed by atoms with Crippen LogP contribution in [0.5, 0.6) is 0 Å². The van der Waals surface area contributed by atoms with Gasteiger partial charge in [-0.1, -0.05) is 26.2 Å². The van der Waals surface area contributed by atoms with E-state index in [4.69, 9.17) is 10.5 Å². The van der Waals surface area contributed by atoms with E-state index in [1.165, 1.54) is 32.1 Å². The van der Waals surface area contributed by atoms with Crippen molar-refractivity contribution in [3.05, 3.63) is 0 Å². The van der Waals surface area contributed by atoms with Crippen LogP contribution in [0.1, 0.15) is 39.0 Å². The van der Waals surface area contributed by atoms with Gasteiger partial charge < -0.3 is 10.5 Å². The number of rotatable bonds is 4. The molecule has 13 heavy (non-hydrogen) atoms. The second-order valence-corrected chi connectivity index (χ2v) is 4.31. The molecular formula is C11H23NO. The van der Waals surface area contributed by atoms with Crippen molar-refractivity contribution in [3.8, 4) is 0 Å². The summed E-state index contributed by atoms with van der Waals surface area (Å²) in [5, 5.41) is 0. The first-order valence-electron chi connectivity index (χ1n) is 5.52.